The summed E-state index contributed by atoms with van der Waals surface area (Å²) in [6, 6.07) is 2.12. The van der Waals surface area contributed by atoms with Gasteiger partial charge in [0.25, 0.3) is 5.91 Å². The lowest BCUT2D eigenvalue weighted by Gasteiger charge is -2.35. The monoisotopic (exact) mass is 291 g/mol. The van der Waals surface area contributed by atoms with Crippen LogP contribution >= 0.6 is 0 Å². The SMILES string of the molecule is NC(=O)c1cc(N)cnc1NCC1CN2CCCC2CO1. The van der Waals surface area contributed by atoms with Crippen LogP contribution in [0.2, 0.25) is 0 Å². The topological polar surface area (TPSA) is 106 Å². The van der Waals surface area contributed by atoms with E-state index in [1.807, 2.05) is 0 Å². The maximum atomic E-state index is 11.4. The molecule has 0 spiro atoms. The number of carbonyl (C=O) groups is 1. The number of aromatic nitrogens is 1. The number of nitrogens with two attached hydrogens (primary N) is 2. The van der Waals surface area contributed by atoms with Crippen LogP contribution in [0, 0.1) is 0 Å². The Hall–Kier alpha value is -1.86. The second kappa shape index (κ2) is 5.87. The van der Waals surface area contributed by atoms with E-state index in [1.54, 1.807) is 0 Å². The number of fused-ring (bicyclic) bond motifs is 1. The first kappa shape index (κ1) is 14.1. The number of nitrogens with zero attached hydrogens (tertiary/aromatic N) is 2. The van der Waals surface area contributed by atoms with Crippen molar-refractivity contribution < 1.29 is 9.53 Å². The molecule has 0 aliphatic carbocycles. The zero-order chi connectivity index (χ0) is 14.8. The van der Waals surface area contributed by atoms with Crippen LogP contribution in [-0.2, 0) is 4.74 Å². The van der Waals surface area contributed by atoms with Crippen LogP contribution in [0.1, 0.15) is 23.2 Å². The van der Waals surface area contributed by atoms with Gasteiger partial charge in [-0.3, -0.25) is 9.69 Å². The van der Waals surface area contributed by atoms with Crippen LogP contribution in [0.25, 0.3) is 0 Å². The molecular weight excluding hydrogens is 270 g/mol. The van der Waals surface area contributed by atoms with Crippen molar-refractivity contribution in [3.8, 4) is 0 Å². The molecule has 7 nitrogen and oxygen atoms in total. The summed E-state index contributed by atoms with van der Waals surface area (Å²) < 4.78 is 5.86. The largest absolute Gasteiger partial charge is 0.397 e. The van der Waals surface area contributed by atoms with E-state index < -0.39 is 5.91 Å². The Morgan fingerprint density at radius 2 is 2.43 bits per heavy atom. The molecule has 2 atom stereocenters. The van der Waals surface area contributed by atoms with E-state index in [2.05, 4.69) is 15.2 Å². The highest BCUT2D eigenvalue weighted by molar-refractivity contribution is 5.98. The number of carbonyl (C=O) groups excluding carboxylic acids is 1. The molecule has 7 heteroatoms. The van der Waals surface area contributed by atoms with Gasteiger partial charge in [-0.15, -0.1) is 0 Å². The average molecular weight is 291 g/mol. The maximum absolute atomic E-state index is 11.4. The van der Waals surface area contributed by atoms with E-state index in [4.69, 9.17) is 16.2 Å². The zero-order valence-corrected chi connectivity index (χ0v) is 11.9. The summed E-state index contributed by atoms with van der Waals surface area (Å²) in [5, 5.41) is 3.15. The van der Waals surface area contributed by atoms with Gasteiger partial charge in [-0.1, -0.05) is 0 Å². The standard InChI is InChI=1S/C14H21N5O2/c15-9-4-12(13(16)20)14(17-5-9)18-6-11-7-19-3-1-2-10(19)8-21-11/h4-5,10-11H,1-3,6-8,15H2,(H2,16,20)(H,17,18). The van der Waals surface area contributed by atoms with Crippen molar-refractivity contribution in [2.45, 2.75) is 25.0 Å². The second-order valence-electron chi connectivity index (χ2n) is 5.66. The van der Waals surface area contributed by atoms with E-state index >= 15 is 0 Å². The molecule has 21 heavy (non-hydrogen) atoms. The third-order valence-electron chi connectivity index (χ3n) is 4.13. The van der Waals surface area contributed by atoms with E-state index in [-0.39, 0.29) is 6.10 Å². The number of nitrogens with one attached hydrogen (secondary N) is 1. The molecule has 114 valence electrons. The average Bonchev–Trinajstić information content (AvgIpc) is 2.93. The van der Waals surface area contributed by atoms with Crippen molar-refractivity contribution in [2.75, 3.05) is 37.3 Å². The summed E-state index contributed by atoms with van der Waals surface area (Å²) in [5.41, 5.74) is 11.7. The maximum Gasteiger partial charge on any atom is 0.252 e. The molecule has 1 amide bonds. The number of ether oxygens (including phenoxy) is 1. The minimum Gasteiger partial charge on any atom is -0.397 e. The van der Waals surface area contributed by atoms with Crippen LogP contribution in [0.4, 0.5) is 11.5 Å². The summed E-state index contributed by atoms with van der Waals surface area (Å²) >= 11 is 0. The minimum atomic E-state index is -0.540. The Morgan fingerprint density at radius 1 is 1.57 bits per heavy atom. The molecule has 2 aliphatic rings. The van der Waals surface area contributed by atoms with Gasteiger partial charge in [-0.25, -0.2) is 4.98 Å². The highest BCUT2D eigenvalue weighted by atomic mass is 16.5. The number of pyridine rings is 1. The highest BCUT2D eigenvalue weighted by Crippen LogP contribution is 2.23. The summed E-state index contributed by atoms with van der Waals surface area (Å²) in [6.45, 7) is 3.44. The minimum absolute atomic E-state index is 0.0967. The van der Waals surface area contributed by atoms with Crippen molar-refractivity contribution in [2.24, 2.45) is 5.73 Å². The van der Waals surface area contributed by atoms with Crippen molar-refractivity contribution in [3.05, 3.63) is 17.8 Å². The molecule has 2 aliphatic heterocycles. The van der Waals surface area contributed by atoms with Gasteiger partial charge in [0.1, 0.15) is 5.82 Å². The molecule has 0 bridgehead atoms. The lowest BCUT2D eigenvalue weighted by atomic mass is 10.2. The smallest absolute Gasteiger partial charge is 0.252 e. The summed E-state index contributed by atoms with van der Waals surface area (Å²) in [5.74, 6) is -0.0784. The van der Waals surface area contributed by atoms with Crippen LogP contribution in [0.3, 0.4) is 0 Å². The lowest BCUT2D eigenvalue weighted by molar-refractivity contribution is -0.0416. The van der Waals surface area contributed by atoms with E-state index in [1.165, 1.54) is 25.1 Å². The molecular formula is C14H21N5O2. The van der Waals surface area contributed by atoms with Crippen LogP contribution < -0.4 is 16.8 Å². The fraction of sp³-hybridized carbons (Fsp3) is 0.571. The number of nitrogen functional groups attached to an aromatic ring is 1. The summed E-state index contributed by atoms with van der Waals surface area (Å²) in [6.07, 6.45) is 4.08. The summed E-state index contributed by atoms with van der Waals surface area (Å²) in [4.78, 5) is 18.0. The van der Waals surface area contributed by atoms with Gasteiger partial charge in [0.05, 0.1) is 30.2 Å². The Kier molecular flexibility index (Phi) is 3.94. The van der Waals surface area contributed by atoms with Gasteiger partial charge < -0.3 is 21.5 Å². The van der Waals surface area contributed by atoms with Crippen molar-refractivity contribution in [3.63, 3.8) is 0 Å². The zero-order valence-electron chi connectivity index (χ0n) is 11.9. The Balaban J connectivity index is 1.61. The fourth-order valence-corrected chi connectivity index (χ4v) is 3.03. The fourth-order valence-electron chi connectivity index (χ4n) is 3.03. The van der Waals surface area contributed by atoms with Gasteiger partial charge in [0, 0.05) is 19.1 Å². The Bertz CT molecular complexity index is 536. The highest BCUT2D eigenvalue weighted by Gasteiger charge is 2.32. The van der Waals surface area contributed by atoms with Gasteiger partial charge in [-0.05, 0) is 25.5 Å². The first-order valence-electron chi connectivity index (χ1n) is 7.28. The Morgan fingerprint density at radius 3 is 3.24 bits per heavy atom. The first-order chi connectivity index (χ1) is 10.1. The lowest BCUT2D eigenvalue weighted by Crippen LogP contribution is -2.48. The molecule has 2 saturated heterocycles. The van der Waals surface area contributed by atoms with Gasteiger partial charge >= 0.3 is 0 Å². The van der Waals surface area contributed by atoms with Gasteiger partial charge in [-0.2, -0.15) is 0 Å². The number of rotatable bonds is 4. The number of amides is 1. The van der Waals surface area contributed by atoms with Gasteiger partial charge in [0.15, 0.2) is 0 Å². The second-order valence-corrected chi connectivity index (χ2v) is 5.66. The van der Waals surface area contributed by atoms with Crippen LogP contribution in [0.5, 0.6) is 0 Å². The predicted octanol–water partition coefficient (Wildman–Crippen LogP) is 0.0378. The molecule has 3 heterocycles. The normalized spacial score (nSPS) is 25.5. The molecule has 0 aromatic carbocycles. The van der Waals surface area contributed by atoms with E-state index in [0.29, 0.717) is 29.7 Å². The number of anilines is 2. The number of hydrogen-bond acceptors (Lipinski definition) is 6. The number of morpholine rings is 1. The number of primary amides is 1. The third-order valence-corrected chi connectivity index (χ3v) is 4.13. The van der Waals surface area contributed by atoms with Crippen LogP contribution in [0.15, 0.2) is 12.3 Å². The predicted molar refractivity (Wildman–Crippen MR) is 80.0 cm³/mol. The molecule has 5 N–H and O–H groups in total. The van der Waals surface area contributed by atoms with Crippen LogP contribution in [-0.4, -0.2) is 54.2 Å². The van der Waals surface area contributed by atoms with Crippen molar-refractivity contribution >= 4 is 17.4 Å². The molecule has 2 unspecified atom stereocenters. The Labute approximate surface area is 123 Å². The molecule has 2 fully saturated rings. The quantitative estimate of drug-likeness (QED) is 0.723. The summed E-state index contributed by atoms with van der Waals surface area (Å²) in [7, 11) is 0. The van der Waals surface area contributed by atoms with Crippen molar-refractivity contribution in [1.29, 1.82) is 0 Å². The van der Waals surface area contributed by atoms with Crippen molar-refractivity contribution in [1.82, 2.24) is 9.88 Å². The van der Waals surface area contributed by atoms with E-state index in [0.717, 1.165) is 19.7 Å². The molecule has 0 saturated carbocycles. The third kappa shape index (κ3) is 3.08. The molecule has 1 aromatic rings. The molecule has 3 rings (SSSR count). The first-order valence-corrected chi connectivity index (χ1v) is 7.28. The van der Waals surface area contributed by atoms with Gasteiger partial charge in [0.2, 0.25) is 0 Å². The number of hydrogen-bond donors (Lipinski definition) is 3. The molecule has 0 radical (unpaired) electrons. The molecule has 1 aromatic heterocycles. The van der Waals surface area contributed by atoms with E-state index in [9.17, 15) is 4.79 Å².